The van der Waals surface area contributed by atoms with Gasteiger partial charge in [-0.3, -0.25) is 4.90 Å². The molecule has 4 nitrogen and oxygen atoms in total. The highest BCUT2D eigenvalue weighted by molar-refractivity contribution is 6.33. The number of ether oxygens (including phenoxy) is 1. The molecule has 0 radical (unpaired) electrons. The van der Waals surface area contributed by atoms with Gasteiger partial charge in [0.15, 0.2) is 0 Å². The molecule has 2 rings (SSSR count). The summed E-state index contributed by atoms with van der Waals surface area (Å²) in [6.07, 6.45) is 0.436. The van der Waals surface area contributed by atoms with Crippen LogP contribution in [0.25, 0.3) is 0 Å². The van der Waals surface area contributed by atoms with Gasteiger partial charge in [-0.1, -0.05) is 11.6 Å². The third kappa shape index (κ3) is 1.99. The monoisotopic (exact) mass is 226 g/mol. The first kappa shape index (κ1) is 10.1. The van der Waals surface area contributed by atoms with Crippen LogP contribution in [-0.2, 0) is 4.74 Å². The molecule has 1 fully saturated rings. The molecule has 0 aromatic heterocycles. The topological polar surface area (TPSA) is 55.6 Å². The Morgan fingerprint density at radius 1 is 1.47 bits per heavy atom. The second kappa shape index (κ2) is 3.98. The van der Waals surface area contributed by atoms with Gasteiger partial charge < -0.3 is 10.5 Å². The third-order valence-electron chi connectivity index (χ3n) is 2.23. The smallest absolute Gasteiger partial charge is 0.414 e. The van der Waals surface area contributed by atoms with E-state index in [9.17, 15) is 4.79 Å². The summed E-state index contributed by atoms with van der Waals surface area (Å²) in [5.74, 6) is 0. The Balaban J connectivity index is 2.34. The van der Waals surface area contributed by atoms with Gasteiger partial charge in [0.1, 0.15) is 0 Å². The quantitative estimate of drug-likeness (QED) is 0.748. The first-order chi connectivity index (χ1) is 7.18. The Labute approximate surface area is 92.6 Å². The van der Waals surface area contributed by atoms with E-state index in [1.807, 2.05) is 0 Å². The number of amides is 1. The van der Waals surface area contributed by atoms with Crippen LogP contribution in [0.15, 0.2) is 18.2 Å². The number of carbonyl (C=O) groups excluding carboxylic acids is 1. The highest BCUT2D eigenvalue weighted by Gasteiger charge is 2.23. The van der Waals surface area contributed by atoms with E-state index in [0.29, 0.717) is 29.5 Å². The fourth-order valence-corrected chi connectivity index (χ4v) is 1.73. The lowest BCUT2D eigenvalue weighted by atomic mass is 10.2. The number of halogens is 1. The minimum absolute atomic E-state index is 0.367. The molecule has 5 heteroatoms. The number of hydrogen-bond donors (Lipinski definition) is 1. The van der Waals surface area contributed by atoms with Crippen LogP contribution in [0.1, 0.15) is 6.42 Å². The molecule has 1 aromatic carbocycles. The van der Waals surface area contributed by atoms with Crippen molar-refractivity contribution in [1.29, 1.82) is 0 Å². The van der Waals surface area contributed by atoms with Crippen LogP contribution in [0.2, 0.25) is 5.02 Å². The van der Waals surface area contributed by atoms with Gasteiger partial charge in [0, 0.05) is 12.2 Å². The summed E-state index contributed by atoms with van der Waals surface area (Å²) in [4.78, 5) is 13.0. The van der Waals surface area contributed by atoms with E-state index in [2.05, 4.69) is 0 Å². The lowest BCUT2D eigenvalue weighted by Crippen LogP contribution is -2.37. The highest BCUT2D eigenvalue weighted by Crippen LogP contribution is 2.29. The van der Waals surface area contributed by atoms with Crippen molar-refractivity contribution in [1.82, 2.24) is 0 Å². The third-order valence-corrected chi connectivity index (χ3v) is 2.55. The van der Waals surface area contributed by atoms with Crippen molar-refractivity contribution in [3.05, 3.63) is 23.2 Å². The molecule has 0 aliphatic carbocycles. The largest absolute Gasteiger partial charge is 0.449 e. The van der Waals surface area contributed by atoms with E-state index in [1.54, 1.807) is 18.2 Å². The average Bonchev–Trinajstić information content (AvgIpc) is 2.23. The maximum atomic E-state index is 11.5. The van der Waals surface area contributed by atoms with E-state index in [4.69, 9.17) is 22.1 Å². The normalized spacial score (nSPS) is 16.3. The van der Waals surface area contributed by atoms with Crippen LogP contribution >= 0.6 is 11.6 Å². The number of cyclic esters (lactones) is 1. The molecule has 0 spiro atoms. The Morgan fingerprint density at radius 2 is 2.27 bits per heavy atom. The molecule has 1 heterocycles. The zero-order chi connectivity index (χ0) is 10.8. The number of rotatable bonds is 1. The van der Waals surface area contributed by atoms with Gasteiger partial charge in [0.25, 0.3) is 0 Å². The zero-order valence-corrected chi connectivity index (χ0v) is 8.83. The van der Waals surface area contributed by atoms with Crippen LogP contribution in [0.3, 0.4) is 0 Å². The standard InChI is InChI=1S/C10H11ClN2O2/c11-8-3-2-7(12)6-9(8)13-4-1-5-15-10(13)14/h2-3,6H,1,4-5,12H2. The fourth-order valence-electron chi connectivity index (χ4n) is 1.51. The van der Waals surface area contributed by atoms with Crippen molar-refractivity contribution in [2.45, 2.75) is 6.42 Å². The Morgan fingerprint density at radius 3 is 3.00 bits per heavy atom. The molecule has 0 bridgehead atoms. The molecule has 0 saturated carbocycles. The second-order valence-electron chi connectivity index (χ2n) is 3.33. The van der Waals surface area contributed by atoms with Crippen LogP contribution < -0.4 is 10.6 Å². The maximum Gasteiger partial charge on any atom is 0.414 e. The first-order valence-corrected chi connectivity index (χ1v) is 5.05. The molecule has 15 heavy (non-hydrogen) atoms. The maximum absolute atomic E-state index is 11.5. The molecule has 0 unspecified atom stereocenters. The number of anilines is 2. The molecule has 1 amide bonds. The van der Waals surface area contributed by atoms with Crippen LogP contribution in [-0.4, -0.2) is 19.2 Å². The van der Waals surface area contributed by atoms with Gasteiger partial charge in [0.2, 0.25) is 0 Å². The van der Waals surface area contributed by atoms with E-state index in [1.165, 1.54) is 4.90 Å². The summed E-state index contributed by atoms with van der Waals surface area (Å²) in [5, 5.41) is 0.503. The lowest BCUT2D eigenvalue weighted by molar-refractivity contribution is 0.140. The summed E-state index contributed by atoms with van der Waals surface area (Å²) in [7, 11) is 0. The molecule has 1 aromatic rings. The van der Waals surface area contributed by atoms with Crippen LogP contribution in [0, 0.1) is 0 Å². The number of benzene rings is 1. The Hall–Kier alpha value is -1.42. The molecular weight excluding hydrogens is 216 g/mol. The summed E-state index contributed by atoms with van der Waals surface area (Å²) >= 11 is 5.99. The average molecular weight is 227 g/mol. The molecular formula is C10H11ClN2O2. The van der Waals surface area contributed by atoms with E-state index >= 15 is 0 Å². The SMILES string of the molecule is Nc1ccc(Cl)c(N2CCCOC2=O)c1. The molecule has 2 N–H and O–H groups in total. The summed E-state index contributed by atoms with van der Waals surface area (Å²) in [5.41, 5.74) is 6.83. The van der Waals surface area contributed by atoms with Gasteiger partial charge in [0.05, 0.1) is 17.3 Å². The second-order valence-corrected chi connectivity index (χ2v) is 3.74. The zero-order valence-electron chi connectivity index (χ0n) is 8.07. The van der Waals surface area contributed by atoms with Crippen molar-refractivity contribution in [3.63, 3.8) is 0 Å². The van der Waals surface area contributed by atoms with E-state index in [-0.39, 0.29) is 6.09 Å². The van der Waals surface area contributed by atoms with Crippen molar-refractivity contribution in [2.75, 3.05) is 23.8 Å². The van der Waals surface area contributed by atoms with Gasteiger partial charge in [-0.2, -0.15) is 0 Å². The number of nitrogens with zero attached hydrogens (tertiary/aromatic N) is 1. The minimum Gasteiger partial charge on any atom is -0.449 e. The molecule has 1 aliphatic rings. The number of nitrogen functional groups attached to an aromatic ring is 1. The minimum atomic E-state index is -0.367. The van der Waals surface area contributed by atoms with Crippen molar-refractivity contribution in [3.8, 4) is 0 Å². The summed E-state index contributed by atoms with van der Waals surface area (Å²) in [6.45, 7) is 1.08. The van der Waals surface area contributed by atoms with Crippen molar-refractivity contribution < 1.29 is 9.53 Å². The number of hydrogen-bond acceptors (Lipinski definition) is 3. The first-order valence-electron chi connectivity index (χ1n) is 4.68. The molecule has 80 valence electrons. The number of nitrogens with two attached hydrogens (primary N) is 1. The van der Waals surface area contributed by atoms with Gasteiger partial charge >= 0.3 is 6.09 Å². The van der Waals surface area contributed by atoms with Gasteiger partial charge in [-0.05, 0) is 24.6 Å². The Bertz CT molecular complexity index is 395. The predicted molar refractivity (Wildman–Crippen MR) is 59.2 cm³/mol. The fraction of sp³-hybridized carbons (Fsp3) is 0.300. The van der Waals surface area contributed by atoms with Crippen molar-refractivity contribution >= 4 is 29.1 Å². The molecule has 1 saturated heterocycles. The summed E-state index contributed by atoms with van der Waals surface area (Å²) < 4.78 is 4.93. The van der Waals surface area contributed by atoms with E-state index in [0.717, 1.165) is 6.42 Å². The molecule has 1 aliphatic heterocycles. The van der Waals surface area contributed by atoms with Gasteiger partial charge in [-0.25, -0.2) is 4.79 Å². The summed E-state index contributed by atoms with van der Waals surface area (Å²) in [6, 6.07) is 5.05. The molecule has 0 atom stereocenters. The van der Waals surface area contributed by atoms with Gasteiger partial charge in [-0.15, -0.1) is 0 Å². The number of carbonyl (C=O) groups is 1. The lowest BCUT2D eigenvalue weighted by Gasteiger charge is -2.27. The highest BCUT2D eigenvalue weighted by atomic mass is 35.5. The van der Waals surface area contributed by atoms with Crippen molar-refractivity contribution in [2.24, 2.45) is 0 Å². The Kier molecular flexibility index (Phi) is 2.68. The van der Waals surface area contributed by atoms with Crippen LogP contribution in [0.4, 0.5) is 16.2 Å². The predicted octanol–water partition coefficient (Wildman–Crippen LogP) is 2.27. The van der Waals surface area contributed by atoms with Crippen LogP contribution in [0.5, 0.6) is 0 Å². The van der Waals surface area contributed by atoms with E-state index < -0.39 is 0 Å².